The fourth-order valence-corrected chi connectivity index (χ4v) is 3.72. The number of nitrogens with one attached hydrogen (secondary N) is 1. The second-order valence-electron chi connectivity index (χ2n) is 7.54. The Hall–Kier alpha value is -3.33. The highest BCUT2D eigenvalue weighted by Crippen LogP contribution is 2.29. The zero-order valence-corrected chi connectivity index (χ0v) is 20.2. The van der Waals surface area contributed by atoms with E-state index in [1.165, 1.54) is 0 Å². The largest absolute Gasteiger partial charge is 0.482 e. The molecule has 176 valence electrons. The number of aromatic nitrogens is 3. The summed E-state index contributed by atoms with van der Waals surface area (Å²) in [6, 6.07) is 6.76. The normalized spacial score (nSPS) is 10.8. The van der Waals surface area contributed by atoms with Crippen molar-refractivity contribution >= 4 is 40.1 Å². The molecule has 3 rings (SSSR count). The molecule has 0 saturated carbocycles. The lowest BCUT2D eigenvalue weighted by molar-refractivity contribution is -0.133. The lowest BCUT2D eigenvalue weighted by Gasteiger charge is -2.19. The first-order chi connectivity index (χ1) is 15.7. The van der Waals surface area contributed by atoms with Gasteiger partial charge in [0.2, 0.25) is 5.88 Å². The molecule has 1 N–H and O–H groups in total. The number of benzene rings is 1. The highest BCUT2D eigenvalue weighted by Gasteiger charge is 2.16. The van der Waals surface area contributed by atoms with Crippen LogP contribution < -0.4 is 14.8 Å². The Bertz CT molecular complexity index is 1170. The minimum Gasteiger partial charge on any atom is -0.482 e. The van der Waals surface area contributed by atoms with E-state index in [1.807, 2.05) is 33.8 Å². The van der Waals surface area contributed by atoms with Gasteiger partial charge >= 0.3 is 0 Å². The number of nitrogens with zero attached hydrogens (tertiary/aromatic N) is 4. The minimum atomic E-state index is -0.368. The van der Waals surface area contributed by atoms with Crippen molar-refractivity contribution < 1.29 is 19.1 Å². The number of amides is 2. The number of ether oxygens (including phenoxy) is 2. The van der Waals surface area contributed by atoms with Gasteiger partial charge in [-0.1, -0.05) is 11.6 Å². The number of carbonyl (C=O) groups is 2. The van der Waals surface area contributed by atoms with Gasteiger partial charge in [0.1, 0.15) is 5.75 Å². The second-order valence-corrected chi connectivity index (χ2v) is 7.95. The van der Waals surface area contributed by atoms with Crippen molar-refractivity contribution in [3.05, 3.63) is 40.5 Å². The molecule has 2 aromatic heterocycles. The van der Waals surface area contributed by atoms with Gasteiger partial charge in [-0.05, 0) is 57.5 Å². The summed E-state index contributed by atoms with van der Waals surface area (Å²) in [5.41, 5.74) is 3.04. The van der Waals surface area contributed by atoms with Crippen molar-refractivity contribution in [3.63, 3.8) is 0 Å². The lowest BCUT2D eigenvalue weighted by Crippen LogP contribution is -2.34. The van der Waals surface area contributed by atoms with Crippen molar-refractivity contribution in [2.45, 2.75) is 27.7 Å². The zero-order chi connectivity index (χ0) is 24.1. The molecule has 0 spiro atoms. The van der Waals surface area contributed by atoms with Gasteiger partial charge in [0, 0.05) is 31.5 Å². The predicted molar refractivity (Wildman–Crippen MR) is 127 cm³/mol. The number of rotatable bonds is 9. The molecule has 0 radical (unpaired) electrons. The number of fused-ring (bicyclic) bond motifs is 1. The average Bonchev–Trinajstić information content (AvgIpc) is 3.08. The topological polar surface area (TPSA) is 98.6 Å². The lowest BCUT2D eigenvalue weighted by atomic mass is 10.2. The van der Waals surface area contributed by atoms with Gasteiger partial charge < -0.3 is 19.7 Å². The summed E-state index contributed by atoms with van der Waals surface area (Å²) in [7, 11) is 1.78. The predicted octanol–water partition coefficient (Wildman–Crippen LogP) is 3.50. The molecule has 1 aromatic carbocycles. The molecule has 10 heteroatoms. The molecule has 3 aromatic rings. The number of hydrogen-bond acceptors (Lipinski definition) is 6. The number of carbonyl (C=O) groups excluding carboxylic acids is 2. The summed E-state index contributed by atoms with van der Waals surface area (Å²) in [6.07, 6.45) is 0. The van der Waals surface area contributed by atoms with E-state index in [1.54, 1.807) is 34.8 Å². The van der Waals surface area contributed by atoms with E-state index < -0.39 is 0 Å². The Morgan fingerprint density at radius 1 is 1.12 bits per heavy atom. The molecule has 0 atom stereocenters. The maximum absolute atomic E-state index is 12.4. The summed E-state index contributed by atoms with van der Waals surface area (Å²) in [5, 5.41) is 8.13. The van der Waals surface area contributed by atoms with E-state index in [0.29, 0.717) is 36.1 Å². The molecular weight excluding hydrogens is 446 g/mol. The van der Waals surface area contributed by atoms with Crippen LogP contribution in [0.3, 0.4) is 0 Å². The SMILES string of the molecule is CCN(CC)C(=O)COc1ccc(NC(=O)COc2nn(C)c3nc(C)cc(C)c23)cc1Cl. The van der Waals surface area contributed by atoms with Gasteiger partial charge in [0.25, 0.3) is 11.8 Å². The highest BCUT2D eigenvalue weighted by molar-refractivity contribution is 6.32. The molecule has 2 heterocycles. The summed E-state index contributed by atoms with van der Waals surface area (Å²) in [6.45, 7) is 8.58. The first kappa shape index (κ1) is 24.3. The third kappa shape index (κ3) is 5.73. The molecule has 0 aliphatic heterocycles. The molecule has 0 aliphatic carbocycles. The Morgan fingerprint density at radius 3 is 2.52 bits per heavy atom. The molecule has 9 nitrogen and oxygen atoms in total. The van der Waals surface area contributed by atoms with Gasteiger partial charge in [-0.3, -0.25) is 9.59 Å². The zero-order valence-electron chi connectivity index (χ0n) is 19.4. The van der Waals surface area contributed by atoms with Crippen molar-refractivity contribution in [1.82, 2.24) is 19.7 Å². The highest BCUT2D eigenvalue weighted by atomic mass is 35.5. The molecule has 0 bridgehead atoms. The molecular formula is C23H28ClN5O4. The summed E-state index contributed by atoms with van der Waals surface area (Å²) >= 11 is 6.26. The Morgan fingerprint density at radius 2 is 1.85 bits per heavy atom. The summed E-state index contributed by atoms with van der Waals surface area (Å²) in [4.78, 5) is 30.7. The first-order valence-corrected chi connectivity index (χ1v) is 11.0. The maximum Gasteiger partial charge on any atom is 0.262 e. The Labute approximate surface area is 197 Å². The summed E-state index contributed by atoms with van der Waals surface area (Å²) < 4.78 is 12.8. The number of aryl methyl sites for hydroxylation is 3. The minimum absolute atomic E-state index is 0.104. The molecule has 33 heavy (non-hydrogen) atoms. The van der Waals surface area contributed by atoms with Crippen LogP contribution in [0.25, 0.3) is 11.0 Å². The van der Waals surface area contributed by atoms with Gasteiger partial charge in [-0.2, -0.15) is 0 Å². The van der Waals surface area contributed by atoms with Crippen LogP contribution in [0.15, 0.2) is 24.3 Å². The first-order valence-electron chi connectivity index (χ1n) is 10.7. The fourth-order valence-electron chi connectivity index (χ4n) is 3.48. The van der Waals surface area contributed by atoms with Crippen LogP contribution in [0, 0.1) is 13.8 Å². The van der Waals surface area contributed by atoms with Crippen LogP contribution in [-0.2, 0) is 16.6 Å². The monoisotopic (exact) mass is 473 g/mol. The van der Waals surface area contributed by atoms with E-state index >= 15 is 0 Å². The van der Waals surface area contributed by atoms with Gasteiger partial charge in [0.15, 0.2) is 18.9 Å². The molecule has 0 unspecified atom stereocenters. The van der Waals surface area contributed by atoms with Crippen molar-refractivity contribution in [1.29, 1.82) is 0 Å². The van der Waals surface area contributed by atoms with E-state index in [9.17, 15) is 9.59 Å². The van der Waals surface area contributed by atoms with Gasteiger partial charge in [0.05, 0.1) is 10.4 Å². The molecule has 0 fully saturated rings. The third-order valence-electron chi connectivity index (χ3n) is 5.11. The standard InChI is InChI=1S/C23H28ClN5O4/c1-6-29(7-2)20(31)13-32-18-9-8-16(11-17(18)24)26-19(30)12-33-23-21-14(3)10-15(4)25-22(21)28(5)27-23/h8-11H,6-7,12-13H2,1-5H3,(H,26,30). The number of anilines is 1. The second kappa shape index (κ2) is 10.5. The number of halogens is 1. The van der Waals surface area contributed by atoms with Crippen molar-refractivity contribution in [2.24, 2.45) is 7.05 Å². The maximum atomic E-state index is 12.4. The van der Waals surface area contributed by atoms with E-state index in [0.717, 1.165) is 16.6 Å². The van der Waals surface area contributed by atoms with E-state index in [4.69, 9.17) is 21.1 Å². The quantitative estimate of drug-likeness (QED) is 0.510. The van der Waals surface area contributed by atoms with E-state index in [2.05, 4.69) is 15.4 Å². The van der Waals surface area contributed by atoms with Crippen LogP contribution in [0.5, 0.6) is 11.6 Å². The van der Waals surface area contributed by atoms with E-state index in [-0.39, 0.29) is 30.1 Å². The fraction of sp³-hybridized carbons (Fsp3) is 0.391. The average molecular weight is 474 g/mol. The molecule has 2 amide bonds. The van der Waals surface area contributed by atoms with Crippen molar-refractivity contribution in [3.8, 4) is 11.6 Å². The molecule has 0 saturated heterocycles. The molecule has 0 aliphatic rings. The third-order valence-corrected chi connectivity index (χ3v) is 5.41. The van der Waals surface area contributed by atoms with Gasteiger partial charge in [-0.25, -0.2) is 9.67 Å². The Balaban J connectivity index is 1.59. The van der Waals surface area contributed by atoms with Crippen LogP contribution in [0.2, 0.25) is 5.02 Å². The smallest absolute Gasteiger partial charge is 0.262 e. The summed E-state index contributed by atoms with van der Waals surface area (Å²) in [5.74, 6) is 0.234. The number of pyridine rings is 1. The van der Waals surface area contributed by atoms with Crippen molar-refractivity contribution in [2.75, 3.05) is 31.6 Å². The van der Waals surface area contributed by atoms with Crippen LogP contribution >= 0.6 is 11.6 Å². The van der Waals surface area contributed by atoms with Gasteiger partial charge in [-0.15, -0.1) is 5.10 Å². The van der Waals surface area contributed by atoms with Crippen LogP contribution in [0.1, 0.15) is 25.1 Å². The van der Waals surface area contributed by atoms with Crippen LogP contribution in [0.4, 0.5) is 5.69 Å². The van der Waals surface area contributed by atoms with Crippen LogP contribution in [-0.4, -0.2) is 57.8 Å². The Kier molecular flexibility index (Phi) is 7.75. The number of likely N-dealkylation sites (N-methyl/N-ethyl adjacent to an activating group) is 1. The number of hydrogen-bond donors (Lipinski definition) is 1.